The van der Waals surface area contributed by atoms with Crippen LogP contribution in [0.4, 0.5) is 5.82 Å². The van der Waals surface area contributed by atoms with E-state index in [2.05, 4.69) is 33.0 Å². The van der Waals surface area contributed by atoms with Crippen LogP contribution in [0.2, 0.25) is 0 Å². The lowest BCUT2D eigenvalue weighted by molar-refractivity contribution is -0.147. The summed E-state index contributed by atoms with van der Waals surface area (Å²) in [6, 6.07) is 3.89. The summed E-state index contributed by atoms with van der Waals surface area (Å²) >= 11 is 0. The van der Waals surface area contributed by atoms with Gasteiger partial charge in [0.1, 0.15) is 24.2 Å². The van der Waals surface area contributed by atoms with Crippen LogP contribution in [0, 0.1) is 17.2 Å². The molecule has 0 radical (unpaired) electrons. The van der Waals surface area contributed by atoms with E-state index in [-0.39, 0.29) is 18.2 Å². The maximum Gasteiger partial charge on any atom is 0.237 e. The van der Waals surface area contributed by atoms with Gasteiger partial charge >= 0.3 is 0 Å². The Labute approximate surface area is 145 Å². The summed E-state index contributed by atoms with van der Waals surface area (Å²) in [7, 11) is 0. The van der Waals surface area contributed by atoms with Gasteiger partial charge < -0.3 is 14.8 Å². The molecule has 2 aromatic rings. The topological polar surface area (TPSA) is 88.9 Å². The van der Waals surface area contributed by atoms with Crippen molar-refractivity contribution in [3.8, 4) is 6.07 Å². The average molecular weight is 334 g/mol. The molecule has 4 rings (SSSR count). The Morgan fingerprint density at radius 1 is 1.56 bits per heavy atom. The minimum absolute atomic E-state index is 0.117. The van der Waals surface area contributed by atoms with Crippen molar-refractivity contribution in [1.82, 2.24) is 19.9 Å². The molecule has 2 aromatic heterocycles. The lowest BCUT2D eigenvalue weighted by atomic mass is 9.71. The fourth-order valence-electron chi connectivity index (χ4n) is 4.15. The number of amides is 1. The predicted octanol–water partition coefficient (Wildman–Crippen LogP) is 1.98. The van der Waals surface area contributed by atoms with Gasteiger partial charge in [-0.25, -0.2) is 9.97 Å². The molecule has 4 heterocycles. The first kappa shape index (κ1) is 15.4. The van der Waals surface area contributed by atoms with Crippen LogP contribution in [0.1, 0.15) is 12.8 Å². The molecular weight excluding hydrogens is 316 g/mol. The third-order valence-corrected chi connectivity index (χ3v) is 5.42. The summed E-state index contributed by atoms with van der Waals surface area (Å²) in [4.78, 5) is 28.0. The summed E-state index contributed by atoms with van der Waals surface area (Å²) in [6.07, 6.45) is 5.87. The first-order valence-corrected chi connectivity index (χ1v) is 8.18. The summed E-state index contributed by atoms with van der Waals surface area (Å²) in [5.74, 6) is 0.768. The van der Waals surface area contributed by atoms with Gasteiger partial charge in [-0.3, -0.25) is 4.79 Å². The Morgan fingerprint density at radius 3 is 3.16 bits per heavy atom. The van der Waals surface area contributed by atoms with E-state index in [1.807, 2.05) is 24.4 Å². The Balaban J connectivity index is 1.73. The number of carbonyl (C=O) groups is 1. The van der Waals surface area contributed by atoms with Crippen LogP contribution in [0.5, 0.6) is 0 Å². The fraction of sp³-hybridized carbons (Fsp3) is 0.333. The molecule has 126 valence electrons. The van der Waals surface area contributed by atoms with Crippen molar-refractivity contribution in [3.05, 3.63) is 43.5 Å². The van der Waals surface area contributed by atoms with Crippen molar-refractivity contribution in [2.24, 2.45) is 5.92 Å². The van der Waals surface area contributed by atoms with Gasteiger partial charge in [0, 0.05) is 30.9 Å². The zero-order valence-corrected chi connectivity index (χ0v) is 13.8. The van der Waals surface area contributed by atoms with Gasteiger partial charge in [-0.1, -0.05) is 12.7 Å². The quantitative estimate of drug-likeness (QED) is 0.867. The summed E-state index contributed by atoms with van der Waals surface area (Å²) in [6.45, 7) is 9.51. The monoisotopic (exact) mass is 334 g/mol. The Hall–Kier alpha value is -3.14. The van der Waals surface area contributed by atoms with Crippen molar-refractivity contribution >= 4 is 22.8 Å². The number of aromatic nitrogens is 3. The van der Waals surface area contributed by atoms with Crippen molar-refractivity contribution in [2.45, 2.75) is 18.4 Å². The largest absolute Gasteiger partial charge is 0.346 e. The highest BCUT2D eigenvalue weighted by molar-refractivity contribution is 5.89. The number of aromatic amines is 1. The molecule has 25 heavy (non-hydrogen) atoms. The van der Waals surface area contributed by atoms with Crippen molar-refractivity contribution in [2.75, 3.05) is 18.0 Å². The molecule has 0 unspecified atom stereocenters. The first-order valence-electron chi connectivity index (χ1n) is 8.18. The number of hydrogen-bond donors (Lipinski definition) is 1. The Bertz CT molecular complexity index is 925. The van der Waals surface area contributed by atoms with E-state index in [4.69, 9.17) is 5.26 Å². The van der Waals surface area contributed by atoms with Gasteiger partial charge in [0.15, 0.2) is 0 Å². The van der Waals surface area contributed by atoms with Crippen molar-refractivity contribution in [3.63, 3.8) is 0 Å². The maximum atomic E-state index is 12.4. The number of hydrogen-bond acceptors (Lipinski definition) is 5. The highest BCUT2D eigenvalue weighted by Crippen LogP contribution is 2.51. The Kier molecular flexibility index (Phi) is 3.35. The predicted molar refractivity (Wildman–Crippen MR) is 93.4 cm³/mol. The second-order valence-corrected chi connectivity index (χ2v) is 6.39. The van der Waals surface area contributed by atoms with Crippen molar-refractivity contribution in [1.29, 1.82) is 5.26 Å². The van der Waals surface area contributed by atoms with Gasteiger partial charge in [-0.15, -0.1) is 6.58 Å². The zero-order valence-electron chi connectivity index (χ0n) is 13.8. The van der Waals surface area contributed by atoms with E-state index in [1.165, 1.54) is 6.33 Å². The van der Waals surface area contributed by atoms with Crippen LogP contribution in [0.25, 0.3) is 11.0 Å². The molecule has 7 heteroatoms. The number of fused-ring (bicyclic) bond motifs is 1. The number of nitriles is 1. The van der Waals surface area contributed by atoms with Crippen LogP contribution in [-0.4, -0.2) is 44.4 Å². The van der Waals surface area contributed by atoms with E-state index >= 15 is 0 Å². The SMILES string of the molecule is C=C[C@@H]1CN(C(=O)CC#N)[C@@]12CCN(c1ncnc3[nH]ccc13)C2=C. The van der Waals surface area contributed by atoms with Crippen molar-refractivity contribution < 1.29 is 4.79 Å². The van der Waals surface area contributed by atoms with Gasteiger partial charge in [0.2, 0.25) is 5.91 Å². The van der Waals surface area contributed by atoms with E-state index in [1.54, 1.807) is 4.90 Å². The molecule has 0 aromatic carbocycles. The molecule has 7 nitrogen and oxygen atoms in total. The molecule has 0 aliphatic carbocycles. The summed E-state index contributed by atoms with van der Waals surface area (Å²) in [5.41, 5.74) is 1.10. The number of carbonyl (C=O) groups excluding carboxylic acids is 1. The fourth-order valence-corrected chi connectivity index (χ4v) is 4.15. The number of likely N-dealkylation sites (tertiary alicyclic amines) is 1. The normalized spacial score (nSPS) is 25.2. The van der Waals surface area contributed by atoms with E-state index in [9.17, 15) is 4.79 Å². The second-order valence-electron chi connectivity index (χ2n) is 6.39. The molecule has 1 N–H and O–H groups in total. The number of H-pyrrole nitrogens is 1. The molecular formula is C18H18N6O. The number of anilines is 1. The second kappa shape index (κ2) is 5.45. The molecule has 2 aliphatic heterocycles. The van der Waals surface area contributed by atoms with Crippen LogP contribution >= 0.6 is 0 Å². The van der Waals surface area contributed by atoms with Crippen LogP contribution in [0.15, 0.2) is 43.5 Å². The van der Waals surface area contributed by atoms with Crippen LogP contribution in [-0.2, 0) is 4.79 Å². The minimum Gasteiger partial charge on any atom is -0.346 e. The lowest BCUT2D eigenvalue weighted by Gasteiger charge is -2.56. The van der Waals surface area contributed by atoms with Crippen LogP contribution in [0.3, 0.4) is 0 Å². The van der Waals surface area contributed by atoms with E-state index in [0.29, 0.717) is 13.1 Å². The molecule has 0 saturated carbocycles. The number of rotatable bonds is 3. The summed E-state index contributed by atoms with van der Waals surface area (Å²) in [5, 5.41) is 9.80. The first-order chi connectivity index (χ1) is 12.1. The number of nitrogens with zero attached hydrogens (tertiary/aromatic N) is 5. The highest BCUT2D eigenvalue weighted by atomic mass is 16.2. The third-order valence-electron chi connectivity index (χ3n) is 5.42. The van der Waals surface area contributed by atoms with Gasteiger partial charge in [-0.2, -0.15) is 5.26 Å². The smallest absolute Gasteiger partial charge is 0.237 e. The summed E-state index contributed by atoms with van der Waals surface area (Å²) < 4.78 is 0. The average Bonchev–Trinajstić information content (AvgIpc) is 3.20. The van der Waals surface area contributed by atoms with E-state index < -0.39 is 5.54 Å². The molecule has 2 aliphatic rings. The molecule has 1 spiro atoms. The number of nitrogens with one attached hydrogen (secondary N) is 1. The zero-order chi connectivity index (χ0) is 17.6. The standard InChI is InChI=1S/C18H18N6O/c1-3-13-10-24(15(25)4-7-19)18(13)6-9-23(12(18)2)17-14-5-8-20-16(14)21-11-22-17/h3,5,8,11,13H,1-2,4,6,9-10H2,(H,20,21,22)/t13-,18-/m1/s1. The maximum absolute atomic E-state index is 12.4. The lowest BCUT2D eigenvalue weighted by Crippen LogP contribution is -2.68. The molecule has 2 saturated heterocycles. The molecule has 1 amide bonds. The Morgan fingerprint density at radius 2 is 2.40 bits per heavy atom. The van der Waals surface area contributed by atoms with Gasteiger partial charge in [-0.05, 0) is 12.5 Å². The molecule has 2 atom stereocenters. The highest BCUT2D eigenvalue weighted by Gasteiger charge is 2.60. The van der Waals surface area contributed by atoms with Crippen LogP contribution < -0.4 is 4.90 Å². The molecule has 0 bridgehead atoms. The van der Waals surface area contributed by atoms with Gasteiger partial charge in [0.05, 0.1) is 17.0 Å². The van der Waals surface area contributed by atoms with Gasteiger partial charge in [0.25, 0.3) is 0 Å². The third kappa shape index (κ3) is 1.94. The van der Waals surface area contributed by atoms with E-state index in [0.717, 1.165) is 29.0 Å². The molecule has 2 fully saturated rings. The minimum atomic E-state index is -0.497.